The lowest BCUT2D eigenvalue weighted by Gasteiger charge is -2.32. The molecule has 4 amide bonds. The lowest BCUT2D eigenvalue weighted by Crippen LogP contribution is -2.45. The Hall–Kier alpha value is -2.70. The van der Waals surface area contributed by atoms with E-state index in [0.29, 0.717) is 13.1 Å². The zero-order valence-corrected chi connectivity index (χ0v) is 17.2. The van der Waals surface area contributed by atoms with Crippen LogP contribution in [0.5, 0.6) is 0 Å². The van der Waals surface area contributed by atoms with Gasteiger partial charge in [0.05, 0.1) is 17.8 Å². The Morgan fingerprint density at radius 3 is 2.27 bits per heavy atom. The lowest BCUT2D eigenvalue weighted by molar-refractivity contribution is -0.141. The third-order valence-electron chi connectivity index (χ3n) is 6.67. The van der Waals surface area contributed by atoms with Crippen LogP contribution in [0.15, 0.2) is 30.3 Å². The highest BCUT2D eigenvalue weighted by molar-refractivity contribution is 6.05. The van der Waals surface area contributed by atoms with Crippen LogP contribution in [0.25, 0.3) is 0 Å². The van der Waals surface area contributed by atoms with E-state index in [4.69, 9.17) is 0 Å². The molecule has 160 valence electrons. The van der Waals surface area contributed by atoms with E-state index >= 15 is 0 Å². The van der Waals surface area contributed by atoms with Crippen LogP contribution in [-0.2, 0) is 19.2 Å². The van der Waals surface area contributed by atoms with Crippen LogP contribution in [-0.4, -0.2) is 53.1 Å². The summed E-state index contributed by atoms with van der Waals surface area (Å²) >= 11 is 0. The van der Waals surface area contributed by atoms with E-state index in [1.165, 1.54) is 4.90 Å². The summed E-state index contributed by atoms with van der Waals surface area (Å²) < 4.78 is 0. The Morgan fingerprint density at radius 1 is 0.933 bits per heavy atom. The average Bonchev–Trinajstić information content (AvgIpc) is 3.03. The molecule has 0 bridgehead atoms. The number of para-hydroxylation sites is 1. The van der Waals surface area contributed by atoms with Gasteiger partial charge < -0.3 is 10.2 Å². The summed E-state index contributed by atoms with van der Waals surface area (Å²) in [6.45, 7) is 1.15. The molecule has 1 N–H and O–H groups in total. The molecule has 3 fully saturated rings. The Morgan fingerprint density at radius 2 is 1.60 bits per heavy atom. The van der Waals surface area contributed by atoms with E-state index in [0.717, 1.165) is 44.2 Å². The first-order valence-electron chi connectivity index (χ1n) is 11.0. The number of carbonyl (C=O) groups excluding carboxylic acids is 4. The van der Waals surface area contributed by atoms with Crippen molar-refractivity contribution in [2.45, 2.75) is 44.9 Å². The fourth-order valence-electron chi connectivity index (χ4n) is 5.00. The van der Waals surface area contributed by atoms with Crippen LogP contribution in [0.2, 0.25) is 0 Å². The Labute approximate surface area is 176 Å². The SMILES string of the molecule is O=C(Nc1ccccc1)C1CCCN(C(=O)CCN2C(=O)C3CCCCC3C2=O)C1. The van der Waals surface area contributed by atoms with Crippen LogP contribution < -0.4 is 5.32 Å². The number of benzene rings is 1. The number of imide groups is 1. The summed E-state index contributed by atoms with van der Waals surface area (Å²) in [4.78, 5) is 53.5. The molecule has 2 saturated heterocycles. The Balaban J connectivity index is 1.30. The maximum Gasteiger partial charge on any atom is 0.233 e. The number of hydrogen-bond donors (Lipinski definition) is 1. The molecule has 0 aromatic heterocycles. The minimum atomic E-state index is -0.249. The number of nitrogens with zero attached hydrogens (tertiary/aromatic N) is 2. The summed E-state index contributed by atoms with van der Waals surface area (Å²) in [6, 6.07) is 9.30. The molecular weight excluding hydrogens is 382 g/mol. The fraction of sp³-hybridized carbons (Fsp3) is 0.565. The standard InChI is InChI=1S/C23H29N3O4/c27-20(12-14-26-22(29)18-10-4-5-11-19(18)23(26)30)25-13-6-7-16(15-25)21(28)24-17-8-2-1-3-9-17/h1-3,8-9,16,18-19H,4-7,10-15H2,(H,24,28). The largest absolute Gasteiger partial charge is 0.342 e. The molecule has 7 heteroatoms. The first-order chi connectivity index (χ1) is 14.5. The second kappa shape index (κ2) is 8.98. The smallest absolute Gasteiger partial charge is 0.233 e. The molecule has 3 unspecified atom stereocenters. The summed E-state index contributed by atoms with van der Waals surface area (Å²) in [5.74, 6) is -0.978. The van der Waals surface area contributed by atoms with Crippen LogP contribution in [0.1, 0.15) is 44.9 Å². The Kier molecular flexibility index (Phi) is 6.16. The monoisotopic (exact) mass is 411 g/mol. The van der Waals surface area contributed by atoms with Gasteiger partial charge in [0.2, 0.25) is 23.6 Å². The lowest BCUT2D eigenvalue weighted by atomic mass is 9.81. The van der Waals surface area contributed by atoms with E-state index in [9.17, 15) is 19.2 Å². The zero-order chi connectivity index (χ0) is 21.1. The number of amides is 4. The van der Waals surface area contributed by atoms with E-state index in [1.807, 2.05) is 30.3 Å². The summed E-state index contributed by atoms with van der Waals surface area (Å²) in [5.41, 5.74) is 0.749. The van der Waals surface area contributed by atoms with Crippen LogP contribution in [0.3, 0.4) is 0 Å². The van der Waals surface area contributed by atoms with E-state index in [-0.39, 0.29) is 54.3 Å². The van der Waals surface area contributed by atoms with Crippen molar-refractivity contribution in [1.29, 1.82) is 0 Å². The van der Waals surface area contributed by atoms with Crippen molar-refractivity contribution in [2.75, 3.05) is 25.0 Å². The van der Waals surface area contributed by atoms with E-state index in [1.54, 1.807) is 4.90 Å². The summed E-state index contributed by atoms with van der Waals surface area (Å²) in [7, 11) is 0. The predicted octanol–water partition coefficient (Wildman–Crippen LogP) is 2.43. The number of piperidine rings is 1. The van der Waals surface area contributed by atoms with E-state index in [2.05, 4.69) is 5.32 Å². The molecule has 0 spiro atoms. The minimum Gasteiger partial charge on any atom is -0.342 e. The molecule has 0 radical (unpaired) electrons. The number of carbonyl (C=O) groups is 4. The molecule has 1 saturated carbocycles. The molecule has 30 heavy (non-hydrogen) atoms. The summed E-state index contributed by atoms with van der Waals surface area (Å²) in [5, 5.41) is 2.91. The van der Waals surface area contributed by atoms with Crippen molar-refractivity contribution in [3.8, 4) is 0 Å². The van der Waals surface area contributed by atoms with Gasteiger partial charge in [-0.1, -0.05) is 31.0 Å². The van der Waals surface area contributed by atoms with E-state index < -0.39 is 0 Å². The third kappa shape index (κ3) is 4.25. The van der Waals surface area contributed by atoms with Crippen LogP contribution in [0, 0.1) is 17.8 Å². The number of fused-ring (bicyclic) bond motifs is 1. The topological polar surface area (TPSA) is 86.8 Å². The Bertz CT molecular complexity index is 801. The number of hydrogen-bond acceptors (Lipinski definition) is 4. The van der Waals surface area contributed by atoms with Gasteiger partial charge in [0.15, 0.2) is 0 Å². The fourth-order valence-corrected chi connectivity index (χ4v) is 5.00. The molecule has 3 aliphatic rings. The zero-order valence-electron chi connectivity index (χ0n) is 17.2. The molecule has 2 aliphatic heterocycles. The van der Waals surface area contributed by atoms with Crippen molar-refractivity contribution in [3.63, 3.8) is 0 Å². The van der Waals surface area contributed by atoms with Crippen molar-refractivity contribution in [1.82, 2.24) is 9.80 Å². The first-order valence-corrected chi connectivity index (χ1v) is 11.0. The van der Waals surface area contributed by atoms with Gasteiger partial charge >= 0.3 is 0 Å². The van der Waals surface area contributed by atoms with Crippen molar-refractivity contribution in [3.05, 3.63) is 30.3 Å². The second-order valence-corrected chi connectivity index (χ2v) is 8.61. The molecule has 7 nitrogen and oxygen atoms in total. The molecule has 3 atom stereocenters. The normalized spacial score (nSPS) is 26.5. The quantitative estimate of drug-likeness (QED) is 0.754. The molecular formula is C23H29N3O4. The highest BCUT2D eigenvalue weighted by Gasteiger charge is 2.48. The molecule has 1 aliphatic carbocycles. The van der Waals surface area contributed by atoms with Crippen molar-refractivity contribution >= 4 is 29.3 Å². The summed E-state index contributed by atoms with van der Waals surface area (Å²) in [6.07, 6.45) is 5.19. The van der Waals surface area contributed by atoms with Gasteiger partial charge in [0.1, 0.15) is 0 Å². The number of likely N-dealkylation sites (tertiary alicyclic amines) is 2. The second-order valence-electron chi connectivity index (χ2n) is 8.61. The van der Waals surface area contributed by atoms with Gasteiger partial charge in [-0.15, -0.1) is 0 Å². The minimum absolute atomic E-state index is 0.0762. The highest BCUT2D eigenvalue weighted by atomic mass is 16.2. The first kappa shape index (κ1) is 20.6. The predicted molar refractivity (Wildman–Crippen MR) is 111 cm³/mol. The van der Waals surface area contributed by atoms with Gasteiger partial charge in [0, 0.05) is 31.7 Å². The third-order valence-corrected chi connectivity index (χ3v) is 6.67. The van der Waals surface area contributed by atoms with Crippen LogP contribution in [0.4, 0.5) is 5.69 Å². The highest BCUT2D eigenvalue weighted by Crippen LogP contribution is 2.38. The number of rotatable bonds is 5. The molecule has 4 rings (SSSR count). The number of nitrogens with one attached hydrogen (secondary N) is 1. The van der Waals surface area contributed by atoms with Gasteiger partial charge in [-0.2, -0.15) is 0 Å². The molecule has 1 aromatic rings. The van der Waals surface area contributed by atoms with Gasteiger partial charge in [-0.25, -0.2) is 0 Å². The van der Waals surface area contributed by atoms with Crippen LogP contribution >= 0.6 is 0 Å². The molecule has 2 heterocycles. The van der Waals surface area contributed by atoms with Gasteiger partial charge in [-0.05, 0) is 37.8 Å². The van der Waals surface area contributed by atoms with Crippen molar-refractivity contribution in [2.24, 2.45) is 17.8 Å². The molecule has 1 aromatic carbocycles. The maximum atomic E-state index is 12.8. The number of anilines is 1. The van der Waals surface area contributed by atoms with Gasteiger partial charge in [0.25, 0.3) is 0 Å². The maximum absolute atomic E-state index is 12.8. The van der Waals surface area contributed by atoms with Crippen molar-refractivity contribution < 1.29 is 19.2 Å². The average molecular weight is 412 g/mol. The van der Waals surface area contributed by atoms with Gasteiger partial charge in [-0.3, -0.25) is 24.1 Å².